The highest BCUT2D eigenvalue weighted by molar-refractivity contribution is 14.1. The van der Waals surface area contributed by atoms with Crippen LogP contribution in [0.25, 0.3) is 0 Å². The minimum absolute atomic E-state index is 0.115. The van der Waals surface area contributed by atoms with Crippen LogP contribution in [0.5, 0.6) is 0 Å². The number of hydrogen-bond donors (Lipinski definition) is 1. The second-order valence-electron chi connectivity index (χ2n) is 3.53. The average molecular weight is 342 g/mol. The van der Waals surface area contributed by atoms with Gasteiger partial charge in [0.25, 0.3) is 5.91 Å². The zero-order chi connectivity index (χ0) is 12.3. The van der Waals surface area contributed by atoms with Gasteiger partial charge in [-0.25, -0.2) is 4.98 Å². The van der Waals surface area contributed by atoms with Gasteiger partial charge in [0.15, 0.2) is 5.82 Å². The summed E-state index contributed by atoms with van der Waals surface area (Å²) < 4.78 is 2.64. The molecule has 0 aliphatic rings. The van der Waals surface area contributed by atoms with E-state index < -0.39 is 0 Å². The van der Waals surface area contributed by atoms with Crippen LogP contribution in [-0.4, -0.2) is 20.7 Å². The van der Waals surface area contributed by atoms with Gasteiger partial charge in [-0.15, -0.1) is 0 Å². The molecular formula is C11H11IN4O. The van der Waals surface area contributed by atoms with Crippen LogP contribution in [0.2, 0.25) is 0 Å². The minimum Gasteiger partial charge on any atom is -0.345 e. The van der Waals surface area contributed by atoms with Gasteiger partial charge in [0.05, 0.1) is 6.54 Å². The van der Waals surface area contributed by atoms with Crippen LogP contribution in [0.4, 0.5) is 0 Å². The first-order valence-corrected chi connectivity index (χ1v) is 6.11. The number of hydrogen-bond acceptors (Lipinski definition) is 3. The number of aryl methyl sites for hydroxylation is 1. The molecule has 17 heavy (non-hydrogen) atoms. The first kappa shape index (κ1) is 12.0. The maximum atomic E-state index is 11.8. The molecule has 0 atom stereocenters. The fourth-order valence-corrected chi connectivity index (χ4v) is 1.90. The second-order valence-corrected chi connectivity index (χ2v) is 4.77. The van der Waals surface area contributed by atoms with Crippen molar-refractivity contribution in [2.45, 2.75) is 6.54 Å². The molecular weight excluding hydrogens is 331 g/mol. The van der Waals surface area contributed by atoms with Crippen molar-refractivity contribution < 1.29 is 4.79 Å². The third-order valence-corrected chi connectivity index (χ3v) is 2.81. The standard InChI is InChI=1S/C11H11IN4O/c1-16-7-14-10(15-16)6-13-11(17)8-3-2-4-9(12)5-8/h2-5,7H,6H2,1H3,(H,13,17). The Balaban J connectivity index is 1.98. The average Bonchev–Trinajstić information content (AvgIpc) is 2.72. The first-order chi connectivity index (χ1) is 8.15. The van der Waals surface area contributed by atoms with Crippen molar-refractivity contribution in [1.29, 1.82) is 0 Å². The Kier molecular flexibility index (Phi) is 3.72. The van der Waals surface area contributed by atoms with Gasteiger partial charge < -0.3 is 5.32 Å². The molecule has 0 radical (unpaired) electrons. The van der Waals surface area contributed by atoms with Crippen molar-refractivity contribution in [2.75, 3.05) is 0 Å². The molecule has 0 bridgehead atoms. The van der Waals surface area contributed by atoms with Crippen LogP contribution in [0, 0.1) is 3.57 Å². The van der Waals surface area contributed by atoms with E-state index in [1.807, 2.05) is 18.2 Å². The lowest BCUT2D eigenvalue weighted by atomic mass is 10.2. The van der Waals surface area contributed by atoms with Crippen LogP contribution >= 0.6 is 22.6 Å². The summed E-state index contributed by atoms with van der Waals surface area (Å²) in [6.07, 6.45) is 1.60. The lowest BCUT2D eigenvalue weighted by Gasteiger charge is -2.02. The SMILES string of the molecule is Cn1cnc(CNC(=O)c2cccc(I)c2)n1. The van der Waals surface area contributed by atoms with E-state index in [1.54, 1.807) is 24.1 Å². The Morgan fingerprint density at radius 3 is 3.00 bits per heavy atom. The summed E-state index contributed by atoms with van der Waals surface area (Å²) in [6, 6.07) is 7.42. The van der Waals surface area contributed by atoms with Crippen molar-refractivity contribution in [3.05, 3.63) is 45.6 Å². The van der Waals surface area contributed by atoms with E-state index in [9.17, 15) is 4.79 Å². The van der Waals surface area contributed by atoms with E-state index in [0.717, 1.165) is 3.57 Å². The van der Waals surface area contributed by atoms with Crippen molar-refractivity contribution in [1.82, 2.24) is 20.1 Å². The Morgan fingerprint density at radius 2 is 2.35 bits per heavy atom. The maximum Gasteiger partial charge on any atom is 0.251 e. The molecule has 0 saturated carbocycles. The van der Waals surface area contributed by atoms with Crippen molar-refractivity contribution in [3.8, 4) is 0 Å². The molecule has 1 aromatic carbocycles. The number of carbonyl (C=O) groups excluding carboxylic acids is 1. The van der Waals surface area contributed by atoms with Crippen molar-refractivity contribution in [2.24, 2.45) is 7.05 Å². The number of halogens is 1. The zero-order valence-corrected chi connectivity index (χ0v) is 11.4. The van der Waals surface area contributed by atoms with E-state index >= 15 is 0 Å². The van der Waals surface area contributed by atoms with Gasteiger partial charge in [0, 0.05) is 16.2 Å². The Hall–Kier alpha value is -1.44. The number of benzene rings is 1. The minimum atomic E-state index is -0.115. The van der Waals surface area contributed by atoms with Crippen molar-refractivity contribution in [3.63, 3.8) is 0 Å². The molecule has 1 aromatic heterocycles. The van der Waals surface area contributed by atoms with Crippen molar-refractivity contribution >= 4 is 28.5 Å². The Bertz CT molecular complexity index is 538. The van der Waals surface area contributed by atoms with E-state index in [-0.39, 0.29) is 5.91 Å². The summed E-state index contributed by atoms with van der Waals surface area (Å²) >= 11 is 2.17. The van der Waals surface area contributed by atoms with Crippen LogP contribution in [0.1, 0.15) is 16.2 Å². The molecule has 0 fully saturated rings. The number of rotatable bonds is 3. The maximum absolute atomic E-state index is 11.8. The molecule has 0 aliphatic heterocycles. The highest BCUT2D eigenvalue weighted by Crippen LogP contribution is 2.07. The second kappa shape index (κ2) is 5.26. The number of aromatic nitrogens is 3. The van der Waals surface area contributed by atoms with Crippen LogP contribution in [-0.2, 0) is 13.6 Å². The normalized spacial score (nSPS) is 10.2. The van der Waals surface area contributed by atoms with Gasteiger partial charge in [-0.3, -0.25) is 9.48 Å². The summed E-state index contributed by atoms with van der Waals surface area (Å²) in [4.78, 5) is 15.8. The quantitative estimate of drug-likeness (QED) is 0.857. The predicted octanol–water partition coefficient (Wildman–Crippen LogP) is 1.35. The number of nitrogens with one attached hydrogen (secondary N) is 1. The first-order valence-electron chi connectivity index (χ1n) is 5.03. The summed E-state index contributed by atoms with van der Waals surface area (Å²) in [5.74, 6) is 0.488. The Morgan fingerprint density at radius 1 is 1.53 bits per heavy atom. The third-order valence-electron chi connectivity index (χ3n) is 2.14. The van der Waals surface area contributed by atoms with Crippen LogP contribution in [0.3, 0.4) is 0 Å². The van der Waals surface area contributed by atoms with E-state index in [2.05, 4.69) is 38.0 Å². The van der Waals surface area contributed by atoms with Gasteiger partial charge in [0.1, 0.15) is 6.33 Å². The summed E-state index contributed by atoms with van der Waals surface area (Å²) in [5.41, 5.74) is 0.646. The highest BCUT2D eigenvalue weighted by atomic mass is 127. The van der Waals surface area contributed by atoms with Gasteiger partial charge in [-0.1, -0.05) is 6.07 Å². The topological polar surface area (TPSA) is 59.8 Å². The van der Waals surface area contributed by atoms with E-state index in [0.29, 0.717) is 17.9 Å². The molecule has 0 unspecified atom stereocenters. The molecule has 0 saturated heterocycles. The lowest BCUT2D eigenvalue weighted by Crippen LogP contribution is -2.23. The molecule has 0 aliphatic carbocycles. The van der Waals surface area contributed by atoms with E-state index in [1.165, 1.54) is 0 Å². The molecule has 1 amide bonds. The molecule has 6 heteroatoms. The third kappa shape index (κ3) is 3.26. The van der Waals surface area contributed by atoms with Gasteiger partial charge in [0.2, 0.25) is 0 Å². The van der Waals surface area contributed by atoms with Crippen LogP contribution < -0.4 is 5.32 Å². The molecule has 5 nitrogen and oxygen atoms in total. The predicted molar refractivity (Wildman–Crippen MR) is 71.3 cm³/mol. The van der Waals surface area contributed by atoms with E-state index in [4.69, 9.17) is 0 Å². The lowest BCUT2D eigenvalue weighted by molar-refractivity contribution is 0.0950. The zero-order valence-electron chi connectivity index (χ0n) is 9.22. The highest BCUT2D eigenvalue weighted by Gasteiger charge is 2.06. The molecule has 2 aromatic rings. The molecule has 1 N–H and O–H groups in total. The molecule has 2 rings (SSSR count). The summed E-state index contributed by atoms with van der Waals surface area (Å²) in [5, 5.41) is 6.86. The molecule has 0 spiro atoms. The van der Waals surface area contributed by atoms with Gasteiger partial charge >= 0.3 is 0 Å². The van der Waals surface area contributed by atoms with Gasteiger partial charge in [-0.2, -0.15) is 5.10 Å². The number of nitrogens with zero attached hydrogens (tertiary/aromatic N) is 3. The smallest absolute Gasteiger partial charge is 0.251 e. The molecule has 88 valence electrons. The van der Waals surface area contributed by atoms with Crippen LogP contribution in [0.15, 0.2) is 30.6 Å². The number of amides is 1. The fourth-order valence-electron chi connectivity index (χ4n) is 1.36. The number of carbonyl (C=O) groups is 1. The van der Waals surface area contributed by atoms with Gasteiger partial charge in [-0.05, 0) is 40.8 Å². The largest absolute Gasteiger partial charge is 0.345 e. The fraction of sp³-hybridized carbons (Fsp3) is 0.182. The summed E-state index contributed by atoms with van der Waals surface area (Å²) in [6.45, 7) is 0.338. The molecule has 1 heterocycles. The Labute approximate surface area is 112 Å². The summed E-state index contributed by atoms with van der Waals surface area (Å²) in [7, 11) is 1.79. The monoisotopic (exact) mass is 342 g/mol.